The highest BCUT2D eigenvalue weighted by Gasteiger charge is 2.05. The second kappa shape index (κ2) is 6.15. The molecule has 0 saturated carbocycles. The SMILES string of the molecule is N#Cc1cccc(NC(=O)CCn2ccc3ccccc32)c1. The van der Waals surface area contributed by atoms with Gasteiger partial charge in [0.05, 0.1) is 11.6 Å². The normalized spacial score (nSPS) is 10.3. The van der Waals surface area contributed by atoms with Gasteiger partial charge in [0.1, 0.15) is 0 Å². The molecule has 1 amide bonds. The van der Waals surface area contributed by atoms with Gasteiger partial charge in [-0.05, 0) is 35.7 Å². The number of anilines is 1. The third-order valence-corrected chi connectivity index (χ3v) is 3.54. The van der Waals surface area contributed by atoms with E-state index < -0.39 is 0 Å². The Labute approximate surface area is 128 Å². The Kier molecular flexibility index (Phi) is 3.88. The van der Waals surface area contributed by atoms with Crippen LogP contribution in [-0.2, 0) is 11.3 Å². The Balaban J connectivity index is 1.64. The lowest BCUT2D eigenvalue weighted by Gasteiger charge is -2.07. The number of carbonyl (C=O) groups excluding carboxylic acids is 1. The van der Waals surface area contributed by atoms with Crippen LogP contribution in [0.5, 0.6) is 0 Å². The van der Waals surface area contributed by atoms with E-state index in [-0.39, 0.29) is 5.91 Å². The highest BCUT2D eigenvalue weighted by atomic mass is 16.1. The molecule has 0 saturated heterocycles. The lowest BCUT2D eigenvalue weighted by molar-refractivity contribution is -0.116. The van der Waals surface area contributed by atoms with Crippen LogP contribution in [0.25, 0.3) is 10.9 Å². The summed E-state index contributed by atoms with van der Waals surface area (Å²) in [5.74, 6) is -0.0622. The molecule has 0 unspecified atom stereocenters. The molecule has 1 N–H and O–H groups in total. The fraction of sp³-hybridized carbons (Fsp3) is 0.111. The average Bonchev–Trinajstić information content (AvgIpc) is 2.96. The van der Waals surface area contributed by atoms with Crippen LogP contribution in [0.3, 0.4) is 0 Å². The fourth-order valence-electron chi connectivity index (χ4n) is 2.45. The van der Waals surface area contributed by atoms with Crippen LogP contribution in [0.1, 0.15) is 12.0 Å². The Morgan fingerprint density at radius 3 is 2.86 bits per heavy atom. The molecule has 1 aromatic heterocycles. The molecule has 3 aromatic rings. The topological polar surface area (TPSA) is 57.8 Å². The number of nitrogens with one attached hydrogen (secondary N) is 1. The Hall–Kier alpha value is -3.06. The molecule has 0 aliphatic heterocycles. The minimum atomic E-state index is -0.0622. The van der Waals surface area contributed by atoms with Crippen molar-refractivity contribution in [3.63, 3.8) is 0 Å². The third-order valence-electron chi connectivity index (χ3n) is 3.54. The number of amides is 1. The zero-order chi connectivity index (χ0) is 15.4. The molecule has 4 nitrogen and oxygen atoms in total. The van der Waals surface area contributed by atoms with Gasteiger partial charge in [-0.2, -0.15) is 5.26 Å². The molecular formula is C18H15N3O. The maximum atomic E-state index is 12.0. The van der Waals surface area contributed by atoms with Gasteiger partial charge >= 0.3 is 0 Å². The highest BCUT2D eigenvalue weighted by Crippen LogP contribution is 2.16. The molecular weight excluding hydrogens is 274 g/mol. The van der Waals surface area contributed by atoms with E-state index >= 15 is 0 Å². The smallest absolute Gasteiger partial charge is 0.226 e. The van der Waals surface area contributed by atoms with E-state index in [1.54, 1.807) is 24.3 Å². The van der Waals surface area contributed by atoms with Crippen LogP contribution in [0.2, 0.25) is 0 Å². The molecule has 0 aliphatic rings. The van der Waals surface area contributed by atoms with E-state index in [4.69, 9.17) is 5.26 Å². The summed E-state index contributed by atoms with van der Waals surface area (Å²) in [4.78, 5) is 12.0. The lowest BCUT2D eigenvalue weighted by atomic mass is 10.2. The van der Waals surface area contributed by atoms with Crippen molar-refractivity contribution in [2.24, 2.45) is 0 Å². The first-order valence-corrected chi connectivity index (χ1v) is 7.10. The molecule has 0 bridgehead atoms. The summed E-state index contributed by atoms with van der Waals surface area (Å²) in [5, 5.41) is 12.9. The van der Waals surface area contributed by atoms with Gasteiger partial charge < -0.3 is 9.88 Å². The Bertz CT molecular complexity index is 858. The minimum Gasteiger partial charge on any atom is -0.347 e. The third kappa shape index (κ3) is 2.99. The number of rotatable bonds is 4. The van der Waals surface area contributed by atoms with Gasteiger partial charge in [0, 0.05) is 30.4 Å². The summed E-state index contributed by atoms with van der Waals surface area (Å²) < 4.78 is 2.07. The number of carbonyl (C=O) groups is 1. The molecule has 22 heavy (non-hydrogen) atoms. The van der Waals surface area contributed by atoms with E-state index in [0.717, 1.165) is 5.52 Å². The molecule has 108 valence electrons. The maximum absolute atomic E-state index is 12.0. The Morgan fingerprint density at radius 2 is 2.00 bits per heavy atom. The first-order chi connectivity index (χ1) is 10.8. The highest BCUT2D eigenvalue weighted by molar-refractivity contribution is 5.91. The van der Waals surface area contributed by atoms with Gasteiger partial charge in [-0.25, -0.2) is 0 Å². The number of hydrogen-bond donors (Lipinski definition) is 1. The quantitative estimate of drug-likeness (QED) is 0.798. The summed E-state index contributed by atoms with van der Waals surface area (Å²) in [6.07, 6.45) is 2.38. The van der Waals surface area contributed by atoms with Crippen LogP contribution < -0.4 is 5.32 Å². The summed E-state index contributed by atoms with van der Waals surface area (Å²) in [6.45, 7) is 0.622. The van der Waals surface area contributed by atoms with E-state index in [1.807, 2.05) is 30.5 Å². The van der Waals surface area contributed by atoms with Gasteiger partial charge in [0.25, 0.3) is 0 Å². The van der Waals surface area contributed by atoms with E-state index in [9.17, 15) is 4.79 Å². The van der Waals surface area contributed by atoms with Crippen molar-refractivity contribution < 1.29 is 4.79 Å². The number of nitriles is 1. The predicted octanol–water partition coefficient (Wildman–Crippen LogP) is 3.54. The number of aryl methyl sites for hydroxylation is 1. The van der Waals surface area contributed by atoms with Crippen molar-refractivity contribution in [1.29, 1.82) is 5.26 Å². The molecule has 0 fully saturated rings. The van der Waals surface area contributed by atoms with Crippen LogP contribution in [0.15, 0.2) is 60.8 Å². The summed E-state index contributed by atoms with van der Waals surface area (Å²) in [7, 11) is 0. The monoisotopic (exact) mass is 289 g/mol. The second-order valence-corrected chi connectivity index (χ2v) is 5.06. The number of hydrogen-bond acceptors (Lipinski definition) is 2. The van der Waals surface area contributed by atoms with E-state index in [2.05, 4.69) is 22.0 Å². The van der Waals surface area contributed by atoms with Gasteiger partial charge in [-0.15, -0.1) is 0 Å². The number of nitrogens with zero attached hydrogens (tertiary/aromatic N) is 2. The molecule has 3 rings (SSSR count). The van der Waals surface area contributed by atoms with Crippen molar-refractivity contribution in [3.05, 3.63) is 66.4 Å². The van der Waals surface area contributed by atoms with Gasteiger partial charge in [-0.1, -0.05) is 24.3 Å². The summed E-state index contributed by atoms with van der Waals surface area (Å²) >= 11 is 0. The van der Waals surface area contributed by atoms with Crippen molar-refractivity contribution in [3.8, 4) is 6.07 Å². The number of benzene rings is 2. The van der Waals surface area contributed by atoms with Crippen molar-refractivity contribution in [2.75, 3.05) is 5.32 Å². The standard InChI is InChI=1S/C18H15N3O/c19-13-14-4-3-6-16(12-14)20-18(22)9-11-21-10-8-15-5-1-2-7-17(15)21/h1-8,10,12H,9,11H2,(H,20,22). The van der Waals surface area contributed by atoms with Crippen molar-refractivity contribution in [1.82, 2.24) is 4.57 Å². The van der Waals surface area contributed by atoms with Crippen LogP contribution in [0.4, 0.5) is 5.69 Å². The Morgan fingerprint density at radius 1 is 1.14 bits per heavy atom. The zero-order valence-corrected chi connectivity index (χ0v) is 12.0. The fourth-order valence-corrected chi connectivity index (χ4v) is 2.45. The molecule has 0 atom stereocenters. The molecule has 1 heterocycles. The van der Waals surface area contributed by atoms with Gasteiger partial charge in [-0.3, -0.25) is 4.79 Å². The number of aromatic nitrogens is 1. The molecule has 0 aliphatic carbocycles. The molecule has 0 spiro atoms. The van der Waals surface area contributed by atoms with E-state index in [1.165, 1.54) is 5.39 Å². The predicted molar refractivity (Wildman–Crippen MR) is 86.3 cm³/mol. The van der Waals surface area contributed by atoms with Crippen LogP contribution >= 0.6 is 0 Å². The van der Waals surface area contributed by atoms with Crippen molar-refractivity contribution in [2.45, 2.75) is 13.0 Å². The van der Waals surface area contributed by atoms with Crippen LogP contribution in [-0.4, -0.2) is 10.5 Å². The minimum absolute atomic E-state index is 0.0622. The van der Waals surface area contributed by atoms with Crippen LogP contribution in [0, 0.1) is 11.3 Å². The van der Waals surface area contributed by atoms with Gasteiger partial charge in [0.2, 0.25) is 5.91 Å². The number of fused-ring (bicyclic) bond motifs is 1. The number of para-hydroxylation sites is 1. The lowest BCUT2D eigenvalue weighted by Crippen LogP contribution is -2.14. The molecule has 0 radical (unpaired) electrons. The average molecular weight is 289 g/mol. The first kappa shape index (κ1) is 13.9. The largest absolute Gasteiger partial charge is 0.347 e. The summed E-state index contributed by atoms with van der Waals surface area (Å²) in [6, 6.07) is 19.1. The van der Waals surface area contributed by atoms with Gasteiger partial charge in [0.15, 0.2) is 0 Å². The zero-order valence-electron chi connectivity index (χ0n) is 12.0. The molecule has 4 heteroatoms. The molecule has 2 aromatic carbocycles. The van der Waals surface area contributed by atoms with Crippen molar-refractivity contribution >= 4 is 22.5 Å². The first-order valence-electron chi connectivity index (χ1n) is 7.10. The summed E-state index contributed by atoms with van der Waals surface area (Å²) in [5.41, 5.74) is 2.32. The second-order valence-electron chi connectivity index (χ2n) is 5.06. The maximum Gasteiger partial charge on any atom is 0.226 e. The van der Waals surface area contributed by atoms with E-state index in [0.29, 0.717) is 24.2 Å².